The number of nitrogens with one attached hydrogen (secondary N) is 1. The Morgan fingerprint density at radius 1 is 1.33 bits per heavy atom. The predicted octanol–water partition coefficient (Wildman–Crippen LogP) is 1.76. The van der Waals surface area contributed by atoms with E-state index < -0.39 is 0 Å². The Morgan fingerprint density at radius 2 is 1.93 bits per heavy atom. The predicted molar refractivity (Wildman–Crippen MR) is 66.0 cm³/mol. The number of ether oxygens (including phenoxy) is 1. The van der Waals surface area contributed by atoms with Crippen LogP contribution >= 0.6 is 0 Å². The van der Waals surface area contributed by atoms with E-state index in [1.54, 1.807) is 7.11 Å². The second-order valence-electron chi connectivity index (χ2n) is 5.12. The molecule has 3 nitrogen and oxygen atoms in total. The van der Waals surface area contributed by atoms with E-state index in [0.29, 0.717) is 6.54 Å². The molecule has 0 aromatic rings. The minimum atomic E-state index is 0.0526. The van der Waals surface area contributed by atoms with Crippen molar-refractivity contribution in [2.75, 3.05) is 20.2 Å². The molecule has 0 fully saturated rings. The van der Waals surface area contributed by atoms with E-state index in [9.17, 15) is 0 Å². The first-order valence-corrected chi connectivity index (χ1v) is 5.91. The van der Waals surface area contributed by atoms with Gasteiger partial charge in [0.15, 0.2) is 0 Å². The summed E-state index contributed by atoms with van der Waals surface area (Å²) < 4.78 is 5.21. The maximum Gasteiger partial charge on any atom is 0.0667 e. The maximum atomic E-state index is 5.82. The van der Waals surface area contributed by atoms with Crippen LogP contribution < -0.4 is 11.1 Å². The molecule has 0 aliphatic rings. The maximum absolute atomic E-state index is 5.82. The van der Waals surface area contributed by atoms with Crippen LogP contribution in [0.25, 0.3) is 0 Å². The van der Waals surface area contributed by atoms with Crippen LogP contribution in [-0.4, -0.2) is 31.8 Å². The standard InChI is InChI=1S/C12H28N2O/c1-10(2)6-7-12(4,9-13)14-8-11(3)15-5/h10-11,14H,6-9,13H2,1-5H3. The van der Waals surface area contributed by atoms with Gasteiger partial charge in [-0.25, -0.2) is 0 Å². The number of methoxy groups -OCH3 is 1. The van der Waals surface area contributed by atoms with E-state index >= 15 is 0 Å². The minimum Gasteiger partial charge on any atom is -0.380 e. The Kier molecular flexibility index (Phi) is 7.14. The Morgan fingerprint density at radius 3 is 2.33 bits per heavy atom. The molecule has 0 aromatic carbocycles. The summed E-state index contributed by atoms with van der Waals surface area (Å²) in [6.07, 6.45) is 2.58. The summed E-state index contributed by atoms with van der Waals surface area (Å²) in [5, 5.41) is 3.50. The van der Waals surface area contributed by atoms with Gasteiger partial charge in [0.25, 0.3) is 0 Å². The molecule has 0 saturated carbocycles. The fourth-order valence-electron chi connectivity index (χ4n) is 1.34. The van der Waals surface area contributed by atoms with Crippen molar-refractivity contribution in [2.24, 2.45) is 11.7 Å². The van der Waals surface area contributed by atoms with E-state index in [4.69, 9.17) is 10.5 Å². The van der Waals surface area contributed by atoms with Crippen molar-refractivity contribution in [1.29, 1.82) is 0 Å². The highest BCUT2D eigenvalue weighted by Gasteiger charge is 2.22. The largest absolute Gasteiger partial charge is 0.380 e. The Balaban J connectivity index is 3.95. The molecule has 0 radical (unpaired) electrons. The third-order valence-electron chi connectivity index (χ3n) is 2.94. The number of nitrogens with two attached hydrogens (primary N) is 1. The fourth-order valence-corrected chi connectivity index (χ4v) is 1.34. The Hall–Kier alpha value is -0.120. The van der Waals surface area contributed by atoms with Crippen LogP contribution in [0.5, 0.6) is 0 Å². The van der Waals surface area contributed by atoms with Crippen molar-refractivity contribution in [1.82, 2.24) is 5.32 Å². The van der Waals surface area contributed by atoms with Gasteiger partial charge in [0, 0.05) is 25.7 Å². The van der Waals surface area contributed by atoms with Gasteiger partial charge in [-0.1, -0.05) is 13.8 Å². The van der Waals surface area contributed by atoms with E-state index in [-0.39, 0.29) is 11.6 Å². The normalized spacial score (nSPS) is 17.8. The number of hydrogen-bond donors (Lipinski definition) is 2. The van der Waals surface area contributed by atoms with Crippen molar-refractivity contribution in [3.8, 4) is 0 Å². The molecule has 0 amide bonds. The molecule has 0 bridgehead atoms. The molecule has 0 spiro atoms. The van der Waals surface area contributed by atoms with Gasteiger partial charge in [0.05, 0.1) is 6.10 Å². The molecule has 0 aromatic heterocycles. The smallest absolute Gasteiger partial charge is 0.0667 e. The molecule has 0 saturated heterocycles. The van der Waals surface area contributed by atoms with Gasteiger partial charge in [-0.05, 0) is 32.6 Å². The summed E-state index contributed by atoms with van der Waals surface area (Å²) >= 11 is 0. The van der Waals surface area contributed by atoms with Gasteiger partial charge in [0.2, 0.25) is 0 Å². The van der Waals surface area contributed by atoms with Crippen LogP contribution in [0.3, 0.4) is 0 Å². The summed E-state index contributed by atoms with van der Waals surface area (Å²) in [5.74, 6) is 0.734. The molecule has 92 valence electrons. The van der Waals surface area contributed by atoms with Crippen molar-refractivity contribution < 1.29 is 4.74 Å². The number of hydrogen-bond acceptors (Lipinski definition) is 3. The average Bonchev–Trinajstić information content (AvgIpc) is 2.23. The number of rotatable bonds is 8. The summed E-state index contributed by atoms with van der Waals surface area (Å²) in [6.45, 7) is 10.3. The van der Waals surface area contributed by atoms with Gasteiger partial charge >= 0.3 is 0 Å². The minimum absolute atomic E-state index is 0.0526. The highest BCUT2D eigenvalue weighted by Crippen LogP contribution is 2.15. The van der Waals surface area contributed by atoms with Crippen LogP contribution in [0.1, 0.15) is 40.5 Å². The van der Waals surface area contributed by atoms with Crippen molar-refractivity contribution >= 4 is 0 Å². The molecule has 0 rings (SSSR count). The Labute approximate surface area is 94.8 Å². The highest BCUT2D eigenvalue weighted by molar-refractivity contribution is 4.85. The Bertz CT molecular complexity index is 162. The summed E-state index contributed by atoms with van der Waals surface area (Å²) in [7, 11) is 1.74. The van der Waals surface area contributed by atoms with Gasteiger partial charge in [-0.15, -0.1) is 0 Å². The van der Waals surface area contributed by atoms with Gasteiger partial charge in [-0.2, -0.15) is 0 Å². The molecular formula is C12H28N2O. The van der Waals surface area contributed by atoms with Crippen LogP contribution in [0.4, 0.5) is 0 Å². The lowest BCUT2D eigenvalue weighted by Crippen LogP contribution is -2.51. The van der Waals surface area contributed by atoms with Crippen LogP contribution in [0, 0.1) is 5.92 Å². The zero-order valence-electron chi connectivity index (χ0n) is 11.0. The van der Waals surface area contributed by atoms with Crippen LogP contribution in [0.15, 0.2) is 0 Å². The van der Waals surface area contributed by atoms with E-state index in [1.807, 2.05) is 0 Å². The van der Waals surface area contributed by atoms with Crippen molar-refractivity contribution in [2.45, 2.75) is 52.2 Å². The summed E-state index contributed by atoms with van der Waals surface area (Å²) in [5.41, 5.74) is 5.87. The van der Waals surface area contributed by atoms with E-state index in [2.05, 4.69) is 33.0 Å². The second-order valence-corrected chi connectivity index (χ2v) is 5.12. The first kappa shape index (κ1) is 14.9. The third kappa shape index (κ3) is 6.88. The monoisotopic (exact) mass is 216 g/mol. The van der Waals surface area contributed by atoms with E-state index in [0.717, 1.165) is 18.9 Å². The highest BCUT2D eigenvalue weighted by atomic mass is 16.5. The lowest BCUT2D eigenvalue weighted by Gasteiger charge is -2.31. The zero-order chi connectivity index (χ0) is 11.9. The molecule has 0 aliphatic heterocycles. The third-order valence-corrected chi connectivity index (χ3v) is 2.94. The molecule has 3 heteroatoms. The molecule has 15 heavy (non-hydrogen) atoms. The SMILES string of the molecule is COC(C)CNC(C)(CN)CCC(C)C. The summed E-state index contributed by atoms with van der Waals surface area (Å²) in [6, 6.07) is 0. The van der Waals surface area contributed by atoms with Gasteiger partial charge in [-0.3, -0.25) is 0 Å². The lowest BCUT2D eigenvalue weighted by molar-refractivity contribution is 0.107. The second kappa shape index (κ2) is 7.20. The fraction of sp³-hybridized carbons (Fsp3) is 1.00. The quantitative estimate of drug-likeness (QED) is 0.650. The van der Waals surface area contributed by atoms with Crippen molar-refractivity contribution in [3.63, 3.8) is 0 Å². The lowest BCUT2D eigenvalue weighted by atomic mass is 9.92. The molecule has 3 N–H and O–H groups in total. The van der Waals surface area contributed by atoms with Crippen LogP contribution in [-0.2, 0) is 4.74 Å². The van der Waals surface area contributed by atoms with Gasteiger partial charge in [0.1, 0.15) is 0 Å². The van der Waals surface area contributed by atoms with Gasteiger partial charge < -0.3 is 15.8 Å². The topological polar surface area (TPSA) is 47.3 Å². The first-order chi connectivity index (χ1) is 6.93. The molecule has 2 unspecified atom stereocenters. The molecule has 2 atom stereocenters. The molecule has 0 aliphatic carbocycles. The first-order valence-electron chi connectivity index (χ1n) is 5.91. The average molecular weight is 216 g/mol. The summed E-state index contributed by atoms with van der Waals surface area (Å²) in [4.78, 5) is 0. The molecular weight excluding hydrogens is 188 g/mol. The van der Waals surface area contributed by atoms with Crippen LogP contribution in [0.2, 0.25) is 0 Å². The van der Waals surface area contributed by atoms with Crippen molar-refractivity contribution in [3.05, 3.63) is 0 Å². The van der Waals surface area contributed by atoms with E-state index in [1.165, 1.54) is 6.42 Å². The zero-order valence-corrected chi connectivity index (χ0v) is 11.0. The molecule has 0 heterocycles.